The first-order valence-corrected chi connectivity index (χ1v) is 8.63. The summed E-state index contributed by atoms with van der Waals surface area (Å²) < 4.78 is 27.9. The molecule has 1 aromatic heterocycles. The molecule has 0 radical (unpaired) electrons. The maximum Gasteiger partial charge on any atom is 0.170 e. The molecule has 0 aliphatic heterocycles. The zero-order valence-electron chi connectivity index (χ0n) is 15.0. The molecule has 0 bridgehead atoms. The number of aromatic nitrogens is 1. The van der Waals surface area contributed by atoms with Crippen LogP contribution in [-0.4, -0.2) is 16.0 Å². The molecule has 1 heterocycles. The first kappa shape index (κ1) is 17.7. The number of hydrogen-bond acceptors (Lipinski definition) is 2. The van der Waals surface area contributed by atoms with Crippen molar-refractivity contribution >= 4 is 16.7 Å². The van der Waals surface area contributed by atoms with Gasteiger partial charge in [0.15, 0.2) is 5.84 Å². The Labute approximate surface area is 159 Å². The second-order valence-corrected chi connectivity index (χ2v) is 6.66. The molecule has 3 aromatic carbocycles. The highest BCUT2D eigenvalue weighted by atomic mass is 19.1. The molecule has 6 heteroatoms. The van der Waals surface area contributed by atoms with Gasteiger partial charge in [-0.25, -0.2) is 8.78 Å². The molecule has 4 N–H and O–H groups in total. The van der Waals surface area contributed by atoms with Crippen LogP contribution in [0.4, 0.5) is 8.78 Å². The number of oxime groups is 1. The van der Waals surface area contributed by atoms with Gasteiger partial charge in [-0.3, -0.25) is 0 Å². The lowest BCUT2D eigenvalue weighted by atomic mass is 9.88. The Hall–Kier alpha value is -3.67. The van der Waals surface area contributed by atoms with Gasteiger partial charge in [-0.2, -0.15) is 0 Å². The Bertz CT molecular complexity index is 1210. The van der Waals surface area contributed by atoms with E-state index in [2.05, 4.69) is 10.1 Å². The fraction of sp³-hybridized carbons (Fsp3) is 0.0455. The van der Waals surface area contributed by atoms with E-state index in [4.69, 9.17) is 5.73 Å². The minimum atomic E-state index is -0.701. The molecular weight excluding hydrogens is 360 g/mol. The number of halogens is 2. The predicted octanol–water partition coefficient (Wildman–Crippen LogP) is 5.18. The summed E-state index contributed by atoms with van der Waals surface area (Å²) in [5, 5.41) is 13.4. The number of benzene rings is 3. The molecule has 4 aromatic rings. The number of fused-ring (bicyclic) bond motifs is 1. The third kappa shape index (κ3) is 3.09. The summed E-state index contributed by atoms with van der Waals surface area (Å²) in [6.45, 7) is 1.88. The normalized spacial score (nSPS) is 11.9. The number of aromatic amines is 1. The molecule has 140 valence electrons. The average molecular weight is 377 g/mol. The maximum atomic E-state index is 14.0. The zero-order valence-corrected chi connectivity index (χ0v) is 15.0. The van der Waals surface area contributed by atoms with Crippen molar-refractivity contribution in [1.82, 2.24) is 4.98 Å². The van der Waals surface area contributed by atoms with Crippen LogP contribution in [0.2, 0.25) is 0 Å². The van der Waals surface area contributed by atoms with Gasteiger partial charge >= 0.3 is 0 Å². The molecule has 0 amide bonds. The fourth-order valence-electron chi connectivity index (χ4n) is 3.50. The van der Waals surface area contributed by atoms with Gasteiger partial charge in [0.1, 0.15) is 11.6 Å². The van der Waals surface area contributed by atoms with Gasteiger partial charge < -0.3 is 15.9 Å². The number of rotatable bonds is 3. The first-order chi connectivity index (χ1) is 13.5. The molecule has 4 nitrogen and oxygen atoms in total. The number of amidine groups is 1. The van der Waals surface area contributed by atoms with Crippen molar-refractivity contribution in [2.45, 2.75) is 6.92 Å². The second-order valence-electron chi connectivity index (χ2n) is 6.66. The summed E-state index contributed by atoms with van der Waals surface area (Å²) in [4.78, 5) is 3.14. The minimum Gasteiger partial charge on any atom is -0.409 e. The molecule has 4 rings (SSSR count). The van der Waals surface area contributed by atoms with Crippen molar-refractivity contribution in [2.75, 3.05) is 0 Å². The summed E-state index contributed by atoms with van der Waals surface area (Å²) in [5.41, 5.74) is 10.5. The van der Waals surface area contributed by atoms with E-state index in [0.717, 1.165) is 33.7 Å². The molecule has 0 aliphatic carbocycles. The van der Waals surface area contributed by atoms with Crippen molar-refractivity contribution in [3.63, 3.8) is 0 Å². The van der Waals surface area contributed by atoms with Gasteiger partial charge in [0.25, 0.3) is 0 Å². The first-order valence-electron chi connectivity index (χ1n) is 8.63. The van der Waals surface area contributed by atoms with E-state index in [1.54, 1.807) is 6.07 Å². The van der Waals surface area contributed by atoms with Crippen LogP contribution in [0.25, 0.3) is 33.2 Å². The molecule has 0 saturated carbocycles. The maximum absolute atomic E-state index is 14.0. The second kappa shape index (κ2) is 6.81. The minimum absolute atomic E-state index is 0.132. The van der Waals surface area contributed by atoms with E-state index >= 15 is 0 Å². The van der Waals surface area contributed by atoms with Crippen molar-refractivity contribution < 1.29 is 14.0 Å². The zero-order chi connectivity index (χ0) is 19.8. The molecule has 28 heavy (non-hydrogen) atoms. The third-order valence-corrected chi connectivity index (χ3v) is 4.68. The molecule has 0 unspecified atom stereocenters. The standard InChI is InChI=1S/C22H17F2N3O/c1-12-6-18(13-2-3-20-14(8-13)4-5-26-20)21(19(7-12)22(25)27-28)15-9-16(23)11-17(24)10-15/h2-11,26,28H,1H3,(H2,25,27). The topological polar surface area (TPSA) is 74.4 Å². The number of nitrogens with zero attached hydrogens (tertiary/aromatic N) is 1. The van der Waals surface area contributed by atoms with Crippen LogP contribution in [0.1, 0.15) is 11.1 Å². The van der Waals surface area contributed by atoms with E-state index in [-0.39, 0.29) is 5.84 Å². The number of nitrogens with one attached hydrogen (secondary N) is 1. The van der Waals surface area contributed by atoms with Crippen LogP contribution in [0, 0.1) is 18.6 Å². The van der Waals surface area contributed by atoms with Gasteiger partial charge in [0.2, 0.25) is 0 Å². The molecular formula is C22H17F2N3O. The summed E-state index contributed by atoms with van der Waals surface area (Å²) in [5.74, 6) is -1.53. The Kier molecular flexibility index (Phi) is 4.31. The van der Waals surface area contributed by atoms with Gasteiger partial charge in [-0.1, -0.05) is 17.3 Å². The lowest BCUT2D eigenvalue weighted by Gasteiger charge is -2.17. The molecule has 0 aliphatic rings. The van der Waals surface area contributed by atoms with Crippen LogP contribution in [0.3, 0.4) is 0 Å². The fourth-order valence-corrected chi connectivity index (χ4v) is 3.50. The molecule has 0 atom stereocenters. The Balaban J connectivity index is 2.08. The molecule has 0 spiro atoms. The Morgan fingerprint density at radius 2 is 1.71 bits per heavy atom. The predicted molar refractivity (Wildman–Crippen MR) is 106 cm³/mol. The van der Waals surface area contributed by atoms with E-state index in [9.17, 15) is 14.0 Å². The summed E-state index contributed by atoms with van der Waals surface area (Å²) >= 11 is 0. The SMILES string of the molecule is Cc1cc(/C(N)=N/O)c(-c2cc(F)cc(F)c2)c(-c2ccc3[nH]ccc3c2)c1. The van der Waals surface area contributed by atoms with Gasteiger partial charge in [-0.05, 0) is 71.0 Å². The quantitative estimate of drug-likeness (QED) is 0.199. The monoisotopic (exact) mass is 377 g/mol. The van der Waals surface area contributed by atoms with Gasteiger partial charge in [0, 0.05) is 28.9 Å². The lowest BCUT2D eigenvalue weighted by Crippen LogP contribution is -2.15. The van der Waals surface area contributed by atoms with E-state index in [1.165, 1.54) is 12.1 Å². The van der Waals surface area contributed by atoms with Crippen molar-refractivity contribution in [2.24, 2.45) is 10.9 Å². The van der Waals surface area contributed by atoms with Crippen molar-refractivity contribution in [1.29, 1.82) is 0 Å². The highest BCUT2D eigenvalue weighted by Gasteiger charge is 2.18. The third-order valence-electron chi connectivity index (χ3n) is 4.68. The highest BCUT2D eigenvalue weighted by Crippen LogP contribution is 2.37. The van der Waals surface area contributed by atoms with Crippen LogP contribution in [0.5, 0.6) is 0 Å². The summed E-state index contributed by atoms with van der Waals surface area (Å²) in [6.07, 6.45) is 1.84. The van der Waals surface area contributed by atoms with Crippen LogP contribution < -0.4 is 5.73 Å². The largest absolute Gasteiger partial charge is 0.409 e. The lowest BCUT2D eigenvalue weighted by molar-refractivity contribution is 0.318. The van der Waals surface area contributed by atoms with E-state index < -0.39 is 11.6 Å². The summed E-state index contributed by atoms with van der Waals surface area (Å²) in [6, 6.07) is 14.7. The number of H-pyrrole nitrogens is 1. The number of aryl methyl sites for hydroxylation is 1. The highest BCUT2D eigenvalue weighted by molar-refractivity contribution is 6.07. The average Bonchev–Trinajstić information content (AvgIpc) is 3.13. The van der Waals surface area contributed by atoms with Crippen molar-refractivity contribution in [3.8, 4) is 22.3 Å². The Morgan fingerprint density at radius 1 is 0.964 bits per heavy atom. The molecule has 0 saturated heterocycles. The van der Waals surface area contributed by atoms with Crippen LogP contribution in [0.15, 0.2) is 65.9 Å². The van der Waals surface area contributed by atoms with Crippen LogP contribution >= 0.6 is 0 Å². The van der Waals surface area contributed by atoms with Crippen molar-refractivity contribution in [3.05, 3.63) is 83.6 Å². The Morgan fingerprint density at radius 3 is 2.43 bits per heavy atom. The smallest absolute Gasteiger partial charge is 0.170 e. The van der Waals surface area contributed by atoms with Gasteiger partial charge in [-0.15, -0.1) is 0 Å². The van der Waals surface area contributed by atoms with E-state index in [0.29, 0.717) is 16.7 Å². The number of nitrogens with two attached hydrogens (primary N) is 1. The number of hydrogen-bond donors (Lipinski definition) is 3. The van der Waals surface area contributed by atoms with Gasteiger partial charge in [0.05, 0.1) is 0 Å². The molecule has 0 fully saturated rings. The van der Waals surface area contributed by atoms with E-state index in [1.807, 2.05) is 43.5 Å². The van der Waals surface area contributed by atoms with Crippen LogP contribution in [-0.2, 0) is 0 Å². The summed E-state index contributed by atoms with van der Waals surface area (Å²) in [7, 11) is 0.